The summed E-state index contributed by atoms with van der Waals surface area (Å²) < 4.78 is 12.7. The van der Waals surface area contributed by atoms with E-state index in [2.05, 4.69) is 13.8 Å². The lowest BCUT2D eigenvalue weighted by atomic mass is 9.89. The highest BCUT2D eigenvalue weighted by molar-refractivity contribution is 5.70. The molecule has 0 bridgehead atoms. The van der Waals surface area contributed by atoms with E-state index in [9.17, 15) is 9.18 Å². The second-order valence-corrected chi connectivity index (χ2v) is 4.61. The molecule has 0 fully saturated rings. The summed E-state index contributed by atoms with van der Waals surface area (Å²) in [5, 5.41) is 9.16. The molecule has 3 heteroatoms. The van der Waals surface area contributed by atoms with E-state index in [1.807, 2.05) is 0 Å². The van der Waals surface area contributed by atoms with Crippen LogP contribution in [-0.4, -0.2) is 11.1 Å². The molecule has 94 valence electrons. The molecule has 0 aromatic heterocycles. The summed E-state index contributed by atoms with van der Waals surface area (Å²) >= 11 is 0. The molecule has 0 heterocycles. The van der Waals surface area contributed by atoms with Crippen LogP contribution in [0.4, 0.5) is 4.39 Å². The van der Waals surface area contributed by atoms with Gasteiger partial charge in [0, 0.05) is 0 Å². The summed E-state index contributed by atoms with van der Waals surface area (Å²) in [6, 6.07) is 6.05. The molecule has 2 nitrogen and oxygen atoms in total. The quantitative estimate of drug-likeness (QED) is 0.823. The van der Waals surface area contributed by atoms with Gasteiger partial charge in [-0.25, -0.2) is 4.39 Å². The number of benzene rings is 1. The molecule has 0 radical (unpaired) electrons. The van der Waals surface area contributed by atoms with Gasteiger partial charge in [-0.1, -0.05) is 32.4 Å². The van der Waals surface area contributed by atoms with E-state index in [-0.39, 0.29) is 11.7 Å². The monoisotopic (exact) mass is 238 g/mol. The van der Waals surface area contributed by atoms with Gasteiger partial charge in [-0.15, -0.1) is 0 Å². The molecule has 2 atom stereocenters. The van der Waals surface area contributed by atoms with E-state index in [4.69, 9.17) is 5.11 Å². The van der Waals surface area contributed by atoms with Crippen LogP contribution in [-0.2, 0) is 11.2 Å². The molecule has 17 heavy (non-hydrogen) atoms. The van der Waals surface area contributed by atoms with Gasteiger partial charge in [-0.3, -0.25) is 4.79 Å². The van der Waals surface area contributed by atoms with Crippen LogP contribution < -0.4 is 0 Å². The molecule has 0 aliphatic rings. The molecule has 1 aromatic carbocycles. The number of carboxylic acids is 1. The standard InChI is InChI=1S/C14H19FO2/c1-3-10(2)8-12(14(16)17)9-11-4-6-13(15)7-5-11/h4-7,10,12H,3,8-9H2,1-2H3,(H,16,17). The molecule has 1 N–H and O–H groups in total. The van der Waals surface area contributed by atoms with Crippen molar-refractivity contribution in [2.24, 2.45) is 11.8 Å². The third kappa shape index (κ3) is 4.55. The van der Waals surface area contributed by atoms with Gasteiger partial charge < -0.3 is 5.11 Å². The van der Waals surface area contributed by atoms with Crippen LogP contribution in [0.3, 0.4) is 0 Å². The Morgan fingerprint density at radius 2 is 1.94 bits per heavy atom. The lowest BCUT2D eigenvalue weighted by Crippen LogP contribution is -2.19. The van der Waals surface area contributed by atoms with Crippen molar-refractivity contribution in [2.45, 2.75) is 33.1 Å². The van der Waals surface area contributed by atoms with Crippen LogP contribution >= 0.6 is 0 Å². The van der Waals surface area contributed by atoms with Gasteiger partial charge in [0.05, 0.1) is 5.92 Å². The van der Waals surface area contributed by atoms with E-state index in [0.717, 1.165) is 12.0 Å². The Balaban J connectivity index is 2.66. The van der Waals surface area contributed by atoms with Crippen molar-refractivity contribution >= 4 is 5.97 Å². The van der Waals surface area contributed by atoms with Crippen molar-refractivity contribution in [3.63, 3.8) is 0 Å². The highest BCUT2D eigenvalue weighted by Gasteiger charge is 2.20. The maximum absolute atomic E-state index is 12.7. The third-order valence-electron chi connectivity index (χ3n) is 3.13. The highest BCUT2D eigenvalue weighted by Crippen LogP contribution is 2.20. The summed E-state index contributed by atoms with van der Waals surface area (Å²) in [6.07, 6.45) is 2.12. The zero-order valence-corrected chi connectivity index (χ0v) is 10.3. The summed E-state index contributed by atoms with van der Waals surface area (Å²) in [4.78, 5) is 11.1. The van der Waals surface area contributed by atoms with E-state index in [1.54, 1.807) is 12.1 Å². The Bertz CT molecular complexity index is 359. The molecule has 0 aliphatic carbocycles. The zero-order valence-electron chi connectivity index (χ0n) is 10.3. The van der Waals surface area contributed by atoms with Crippen LogP contribution in [0.15, 0.2) is 24.3 Å². The number of carboxylic acid groups (broad SMARTS) is 1. The SMILES string of the molecule is CCC(C)CC(Cc1ccc(F)cc1)C(=O)O. The number of aliphatic carboxylic acids is 1. The zero-order chi connectivity index (χ0) is 12.8. The van der Waals surface area contributed by atoms with E-state index < -0.39 is 5.97 Å². The van der Waals surface area contributed by atoms with Gasteiger partial charge in [-0.05, 0) is 36.5 Å². The minimum atomic E-state index is -0.769. The van der Waals surface area contributed by atoms with Gasteiger partial charge >= 0.3 is 5.97 Å². The number of carbonyl (C=O) groups is 1. The Kier molecular flexibility index (Phi) is 5.13. The van der Waals surface area contributed by atoms with Gasteiger partial charge in [0.15, 0.2) is 0 Å². The first-order valence-corrected chi connectivity index (χ1v) is 6.00. The maximum Gasteiger partial charge on any atom is 0.306 e. The van der Waals surface area contributed by atoms with Gasteiger partial charge in [0.1, 0.15) is 5.82 Å². The van der Waals surface area contributed by atoms with Gasteiger partial charge in [-0.2, -0.15) is 0 Å². The Morgan fingerprint density at radius 3 is 2.41 bits per heavy atom. The fourth-order valence-electron chi connectivity index (χ4n) is 1.83. The largest absolute Gasteiger partial charge is 0.481 e. The predicted octanol–water partition coefficient (Wildman–Crippen LogP) is 3.51. The molecule has 0 saturated carbocycles. The van der Waals surface area contributed by atoms with Gasteiger partial charge in [0.25, 0.3) is 0 Å². The average molecular weight is 238 g/mol. The van der Waals surface area contributed by atoms with Crippen LogP contribution in [0.25, 0.3) is 0 Å². The summed E-state index contributed by atoms with van der Waals surface area (Å²) in [6.45, 7) is 4.11. The van der Waals surface area contributed by atoms with Gasteiger partial charge in [0.2, 0.25) is 0 Å². The van der Waals surface area contributed by atoms with E-state index in [0.29, 0.717) is 18.8 Å². The molecule has 0 amide bonds. The van der Waals surface area contributed by atoms with Crippen molar-refractivity contribution in [2.75, 3.05) is 0 Å². The van der Waals surface area contributed by atoms with Crippen LogP contribution in [0.2, 0.25) is 0 Å². The van der Waals surface area contributed by atoms with Crippen LogP contribution in [0.5, 0.6) is 0 Å². The summed E-state index contributed by atoms with van der Waals surface area (Å²) in [7, 11) is 0. The fraction of sp³-hybridized carbons (Fsp3) is 0.500. The molecule has 2 unspecified atom stereocenters. The molecule has 1 rings (SSSR count). The molecular weight excluding hydrogens is 219 g/mol. The lowest BCUT2D eigenvalue weighted by molar-refractivity contribution is -0.142. The molecule has 1 aromatic rings. The summed E-state index contributed by atoms with van der Waals surface area (Å²) in [5.74, 6) is -1.04. The van der Waals surface area contributed by atoms with Crippen molar-refractivity contribution < 1.29 is 14.3 Å². The van der Waals surface area contributed by atoms with Crippen molar-refractivity contribution in [1.82, 2.24) is 0 Å². The lowest BCUT2D eigenvalue weighted by Gasteiger charge is -2.16. The average Bonchev–Trinajstić information content (AvgIpc) is 2.30. The Morgan fingerprint density at radius 1 is 1.35 bits per heavy atom. The first-order valence-electron chi connectivity index (χ1n) is 6.00. The first-order chi connectivity index (χ1) is 8.02. The van der Waals surface area contributed by atoms with Crippen molar-refractivity contribution in [3.05, 3.63) is 35.6 Å². The van der Waals surface area contributed by atoms with Crippen molar-refractivity contribution in [3.8, 4) is 0 Å². The van der Waals surface area contributed by atoms with E-state index in [1.165, 1.54) is 12.1 Å². The highest BCUT2D eigenvalue weighted by atomic mass is 19.1. The molecule has 0 aliphatic heterocycles. The number of hydrogen-bond donors (Lipinski definition) is 1. The fourth-order valence-corrected chi connectivity index (χ4v) is 1.83. The topological polar surface area (TPSA) is 37.3 Å². The second-order valence-electron chi connectivity index (χ2n) is 4.61. The van der Waals surface area contributed by atoms with Crippen LogP contribution in [0, 0.1) is 17.7 Å². The van der Waals surface area contributed by atoms with E-state index >= 15 is 0 Å². The van der Waals surface area contributed by atoms with Crippen LogP contribution in [0.1, 0.15) is 32.3 Å². The molecule has 0 saturated heterocycles. The minimum Gasteiger partial charge on any atom is -0.481 e. The number of rotatable bonds is 6. The Hall–Kier alpha value is -1.38. The number of hydrogen-bond acceptors (Lipinski definition) is 1. The minimum absolute atomic E-state index is 0.289. The van der Waals surface area contributed by atoms with Crippen molar-refractivity contribution in [1.29, 1.82) is 0 Å². The number of halogens is 1. The second kappa shape index (κ2) is 6.38. The predicted molar refractivity (Wildman–Crippen MR) is 65.3 cm³/mol. The first kappa shape index (κ1) is 13.7. The normalized spacial score (nSPS) is 14.3. The maximum atomic E-state index is 12.7. The third-order valence-corrected chi connectivity index (χ3v) is 3.13. The molecular formula is C14H19FO2. The Labute approximate surface area is 101 Å². The smallest absolute Gasteiger partial charge is 0.306 e. The summed E-state index contributed by atoms with van der Waals surface area (Å²) in [5.41, 5.74) is 0.877. The molecule has 0 spiro atoms.